The Morgan fingerprint density at radius 3 is 2.26 bits per heavy atom. The van der Waals surface area contributed by atoms with Gasteiger partial charge in [-0.25, -0.2) is 18.0 Å². The van der Waals surface area contributed by atoms with Gasteiger partial charge >= 0.3 is 12.0 Å². The predicted octanol–water partition coefficient (Wildman–Crippen LogP) is -0.0280. The number of hydrogen-bond acceptors (Lipinski definition) is 4. The number of carbonyl (C=O) groups is 2. The van der Waals surface area contributed by atoms with Gasteiger partial charge in [0.25, 0.3) is 0 Å². The summed E-state index contributed by atoms with van der Waals surface area (Å²) in [6.07, 6.45) is 2.66. The average Bonchev–Trinajstić information content (AvgIpc) is 3.04. The van der Waals surface area contributed by atoms with Crippen molar-refractivity contribution in [1.29, 1.82) is 0 Å². The van der Waals surface area contributed by atoms with Crippen LogP contribution < -0.4 is 10.6 Å². The zero-order valence-electron chi connectivity index (χ0n) is 11.3. The lowest BCUT2D eigenvalue weighted by molar-refractivity contribution is -0.139. The summed E-state index contributed by atoms with van der Waals surface area (Å²) < 4.78 is 21.8. The molecule has 7 nitrogen and oxygen atoms in total. The van der Waals surface area contributed by atoms with Crippen molar-refractivity contribution in [3.63, 3.8) is 0 Å². The number of hydrogen-bond donors (Lipinski definition) is 3. The van der Waals surface area contributed by atoms with Gasteiger partial charge in [-0.3, -0.25) is 0 Å². The monoisotopic (exact) mass is 292 g/mol. The number of rotatable bonds is 6. The lowest BCUT2D eigenvalue weighted by Gasteiger charge is -2.23. The summed E-state index contributed by atoms with van der Waals surface area (Å²) in [7, 11) is -3.31. The van der Waals surface area contributed by atoms with Crippen LogP contribution in [0.15, 0.2) is 0 Å². The van der Waals surface area contributed by atoms with Crippen LogP contribution in [0.5, 0.6) is 0 Å². The van der Waals surface area contributed by atoms with Gasteiger partial charge < -0.3 is 15.7 Å². The molecule has 1 saturated carbocycles. The highest BCUT2D eigenvalue weighted by molar-refractivity contribution is 7.92. The number of aliphatic carboxylic acids is 1. The minimum atomic E-state index is -3.31. The van der Waals surface area contributed by atoms with E-state index in [4.69, 9.17) is 5.11 Å². The van der Waals surface area contributed by atoms with Crippen molar-refractivity contribution < 1.29 is 23.1 Å². The summed E-state index contributed by atoms with van der Waals surface area (Å²) in [5, 5.41) is 13.7. The first-order valence-electron chi connectivity index (χ1n) is 6.01. The Kier molecular flexibility index (Phi) is 4.44. The second kappa shape index (κ2) is 5.36. The van der Waals surface area contributed by atoms with Gasteiger partial charge in [0, 0.05) is 12.8 Å². The highest BCUT2D eigenvalue weighted by Gasteiger charge is 2.37. The summed E-state index contributed by atoms with van der Waals surface area (Å²) in [6, 6.07) is -1.56. The van der Waals surface area contributed by atoms with Crippen LogP contribution in [0.1, 0.15) is 26.7 Å². The summed E-state index contributed by atoms with van der Waals surface area (Å²) in [4.78, 5) is 22.5. The molecule has 0 aromatic rings. The number of carboxylic acids is 1. The molecule has 8 heteroatoms. The van der Waals surface area contributed by atoms with Crippen molar-refractivity contribution in [2.24, 2.45) is 5.92 Å². The van der Waals surface area contributed by atoms with Crippen LogP contribution in [-0.2, 0) is 14.6 Å². The first kappa shape index (κ1) is 15.7. The van der Waals surface area contributed by atoms with Crippen LogP contribution in [0.25, 0.3) is 0 Å². The lowest BCUT2D eigenvalue weighted by Crippen LogP contribution is -2.51. The maximum Gasteiger partial charge on any atom is 0.326 e. The molecule has 19 heavy (non-hydrogen) atoms. The standard InChI is InChI=1S/C11H20N2O5S/c1-11(2,19(3,17)18)6-12-10(16)13-8(9(14)15)7-4-5-7/h7-8H,4-6H2,1-3H3,(H,14,15)(H2,12,13,16). The fourth-order valence-electron chi connectivity index (χ4n) is 1.43. The molecule has 1 aliphatic rings. The molecule has 110 valence electrons. The Morgan fingerprint density at radius 1 is 1.37 bits per heavy atom. The van der Waals surface area contributed by atoms with E-state index in [1.165, 1.54) is 13.8 Å². The van der Waals surface area contributed by atoms with Gasteiger partial charge in [0.1, 0.15) is 6.04 Å². The molecule has 0 aromatic carbocycles. The zero-order chi connectivity index (χ0) is 14.8. The number of carbonyl (C=O) groups excluding carboxylic acids is 1. The minimum absolute atomic E-state index is 0.0221. The number of sulfone groups is 1. The molecule has 1 aliphatic carbocycles. The van der Waals surface area contributed by atoms with E-state index in [2.05, 4.69) is 10.6 Å². The minimum Gasteiger partial charge on any atom is -0.480 e. The second-order valence-corrected chi connectivity index (χ2v) is 8.16. The van der Waals surface area contributed by atoms with Crippen LogP contribution in [-0.4, -0.2) is 49.1 Å². The molecule has 3 N–H and O–H groups in total. The van der Waals surface area contributed by atoms with Crippen LogP contribution in [0, 0.1) is 5.92 Å². The van der Waals surface area contributed by atoms with Crippen molar-refractivity contribution in [3.8, 4) is 0 Å². The van der Waals surface area contributed by atoms with E-state index in [0.29, 0.717) is 0 Å². The molecule has 0 aromatic heterocycles. The summed E-state index contributed by atoms with van der Waals surface area (Å²) in [5.41, 5.74) is 0. The van der Waals surface area contributed by atoms with Crippen LogP contribution in [0.2, 0.25) is 0 Å². The van der Waals surface area contributed by atoms with Gasteiger partial charge in [-0.2, -0.15) is 0 Å². The molecule has 0 aliphatic heterocycles. The van der Waals surface area contributed by atoms with Crippen LogP contribution in [0.3, 0.4) is 0 Å². The molecule has 2 amide bonds. The lowest BCUT2D eigenvalue weighted by atomic mass is 10.2. The molecule has 1 unspecified atom stereocenters. The summed E-state index contributed by atoms with van der Waals surface area (Å²) in [6.45, 7) is 2.92. The maximum absolute atomic E-state index is 11.6. The van der Waals surface area contributed by atoms with E-state index in [-0.39, 0.29) is 12.5 Å². The Bertz CT molecular complexity index is 467. The molecule has 1 fully saturated rings. The Balaban J connectivity index is 2.50. The quantitative estimate of drug-likeness (QED) is 0.636. The van der Waals surface area contributed by atoms with E-state index in [1.54, 1.807) is 0 Å². The highest BCUT2D eigenvalue weighted by atomic mass is 32.2. The Hall–Kier alpha value is -1.31. The summed E-state index contributed by atoms with van der Waals surface area (Å²) >= 11 is 0. The molecule has 0 heterocycles. The maximum atomic E-state index is 11.6. The van der Waals surface area contributed by atoms with Crippen molar-refractivity contribution in [2.75, 3.05) is 12.8 Å². The molecule has 1 atom stereocenters. The second-order valence-electron chi connectivity index (χ2n) is 5.51. The third kappa shape index (κ3) is 4.38. The van der Waals surface area contributed by atoms with E-state index >= 15 is 0 Å². The third-order valence-electron chi connectivity index (χ3n) is 3.32. The topological polar surface area (TPSA) is 113 Å². The average molecular weight is 292 g/mol. The number of nitrogens with one attached hydrogen (secondary N) is 2. The number of carboxylic acid groups (broad SMARTS) is 1. The van der Waals surface area contributed by atoms with Crippen molar-refractivity contribution in [1.82, 2.24) is 10.6 Å². The molecule has 0 radical (unpaired) electrons. The third-order valence-corrected chi connectivity index (χ3v) is 5.48. The fraction of sp³-hybridized carbons (Fsp3) is 0.818. The number of amides is 2. The van der Waals surface area contributed by atoms with Gasteiger partial charge in [0.2, 0.25) is 0 Å². The van der Waals surface area contributed by atoms with Crippen molar-refractivity contribution in [3.05, 3.63) is 0 Å². The Morgan fingerprint density at radius 2 is 1.89 bits per heavy atom. The SMILES string of the molecule is CC(C)(CNC(=O)NC(C(=O)O)C1CC1)S(C)(=O)=O. The van der Waals surface area contributed by atoms with Crippen LogP contribution >= 0.6 is 0 Å². The summed E-state index contributed by atoms with van der Waals surface area (Å²) in [5.74, 6) is -1.09. The smallest absolute Gasteiger partial charge is 0.326 e. The van der Waals surface area contributed by atoms with Gasteiger partial charge in [-0.05, 0) is 32.6 Å². The fourth-order valence-corrected chi connectivity index (χ4v) is 1.76. The van der Waals surface area contributed by atoms with Gasteiger partial charge in [0.15, 0.2) is 9.84 Å². The normalized spacial score (nSPS) is 17.6. The van der Waals surface area contributed by atoms with E-state index in [9.17, 15) is 18.0 Å². The number of urea groups is 1. The molecule has 1 rings (SSSR count). The van der Waals surface area contributed by atoms with Crippen molar-refractivity contribution in [2.45, 2.75) is 37.5 Å². The van der Waals surface area contributed by atoms with Crippen molar-refractivity contribution >= 4 is 21.8 Å². The molecule has 0 spiro atoms. The molecule has 0 saturated heterocycles. The molecular weight excluding hydrogens is 272 g/mol. The van der Waals surface area contributed by atoms with Gasteiger partial charge in [0.05, 0.1) is 4.75 Å². The van der Waals surface area contributed by atoms with E-state index < -0.39 is 32.6 Å². The largest absolute Gasteiger partial charge is 0.480 e. The first-order valence-corrected chi connectivity index (χ1v) is 7.90. The Labute approximate surface area is 112 Å². The van der Waals surface area contributed by atoms with Crippen LogP contribution in [0.4, 0.5) is 4.79 Å². The highest BCUT2D eigenvalue weighted by Crippen LogP contribution is 2.32. The van der Waals surface area contributed by atoms with E-state index in [1.807, 2.05) is 0 Å². The first-order chi connectivity index (χ1) is 8.54. The zero-order valence-corrected chi connectivity index (χ0v) is 12.1. The predicted molar refractivity (Wildman–Crippen MR) is 69.6 cm³/mol. The molecule has 0 bridgehead atoms. The van der Waals surface area contributed by atoms with Gasteiger partial charge in [-0.15, -0.1) is 0 Å². The van der Waals surface area contributed by atoms with Gasteiger partial charge in [-0.1, -0.05) is 0 Å². The van der Waals surface area contributed by atoms with E-state index in [0.717, 1.165) is 19.1 Å². The molecular formula is C11H20N2O5S.